The van der Waals surface area contributed by atoms with Gasteiger partial charge in [-0.2, -0.15) is 0 Å². The van der Waals surface area contributed by atoms with Gasteiger partial charge < -0.3 is 15.5 Å². The SMILES string of the molecule is CN(C(=O)CN1CCCC(CNC(=O)C2CCCN2)C1)c1ccccc1. The van der Waals surface area contributed by atoms with Gasteiger partial charge in [0.2, 0.25) is 11.8 Å². The van der Waals surface area contributed by atoms with E-state index in [1.54, 1.807) is 4.90 Å². The number of likely N-dealkylation sites (tertiary alicyclic amines) is 1. The maximum absolute atomic E-state index is 12.6. The Bertz CT molecular complexity index is 601. The molecule has 2 fully saturated rings. The van der Waals surface area contributed by atoms with E-state index in [2.05, 4.69) is 15.5 Å². The Morgan fingerprint density at radius 1 is 1.23 bits per heavy atom. The first-order chi connectivity index (χ1) is 12.6. The quantitative estimate of drug-likeness (QED) is 0.803. The highest BCUT2D eigenvalue weighted by atomic mass is 16.2. The van der Waals surface area contributed by atoms with Crippen LogP contribution in [0.5, 0.6) is 0 Å². The predicted octanol–water partition coefficient (Wildman–Crippen LogP) is 1.23. The number of hydrogen-bond donors (Lipinski definition) is 2. The molecule has 1 aromatic carbocycles. The third-order valence-electron chi connectivity index (χ3n) is 5.42. The highest BCUT2D eigenvalue weighted by Gasteiger charge is 2.26. The van der Waals surface area contributed by atoms with E-state index in [-0.39, 0.29) is 17.9 Å². The minimum atomic E-state index is -0.0178. The Labute approximate surface area is 155 Å². The van der Waals surface area contributed by atoms with Gasteiger partial charge in [-0.1, -0.05) is 18.2 Å². The van der Waals surface area contributed by atoms with Gasteiger partial charge in [0.15, 0.2) is 0 Å². The first kappa shape index (κ1) is 18.9. The predicted molar refractivity (Wildman–Crippen MR) is 103 cm³/mol. The van der Waals surface area contributed by atoms with Crippen LogP contribution in [0.25, 0.3) is 0 Å². The van der Waals surface area contributed by atoms with E-state index in [4.69, 9.17) is 0 Å². The molecule has 0 aliphatic carbocycles. The molecule has 0 aromatic heterocycles. The summed E-state index contributed by atoms with van der Waals surface area (Å²) in [4.78, 5) is 28.6. The van der Waals surface area contributed by atoms with E-state index in [1.165, 1.54) is 0 Å². The first-order valence-electron chi connectivity index (χ1n) is 9.68. The molecule has 0 spiro atoms. The second kappa shape index (κ2) is 9.14. The van der Waals surface area contributed by atoms with Crippen molar-refractivity contribution in [1.29, 1.82) is 0 Å². The van der Waals surface area contributed by atoms with Crippen molar-refractivity contribution in [2.75, 3.05) is 44.7 Å². The number of nitrogens with one attached hydrogen (secondary N) is 2. The van der Waals surface area contributed by atoms with Crippen LogP contribution >= 0.6 is 0 Å². The van der Waals surface area contributed by atoms with Crippen molar-refractivity contribution in [3.63, 3.8) is 0 Å². The van der Waals surface area contributed by atoms with Gasteiger partial charge in [0.05, 0.1) is 12.6 Å². The van der Waals surface area contributed by atoms with Gasteiger partial charge in [0.25, 0.3) is 0 Å². The summed E-state index contributed by atoms with van der Waals surface area (Å²) in [7, 11) is 1.83. The largest absolute Gasteiger partial charge is 0.354 e. The van der Waals surface area contributed by atoms with Crippen LogP contribution in [0.4, 0.5) is 5.69 Å². The number of anilines is 1. The molecular formula is C20H30N4O2. The zero-order chi connectivity index (χ0) is 18.4. The standard InChI is InChI=1S/C20H30N4O2/c1-23(17-8-3-2-4-9-17)19(25)15-24-12-6-7-16(14-24)13-22-20(26)18-10-5-11-21-18/h2-4,8-9,16,18,21H,5-7,10-15H2,1H3,(H,22,26). The molecule has 3 rings (SSSR count). The fourth-order valence-corrected chi connectivity index (χ4v) is 3.83. The molecule has 2 amide bonds. The van der Waals surface area contributed by atoms with Crippen molar-refractivity contribution in [2.24, 2.45) is 5.92 Å². The third-order valence-corrected chi connectivity index (χ3v) is 5.42. The highest BCUT2D eigenvalue weighted by molar-refractivity contribution is 5.94. The van der Waals surface area contributed by atoms with Crippen molar-refractivity contribution in [3.8, 4) is 0 Å². The van der Waals surface area contributed by atoms with Crippen LogP contribution in [0.1, 0.15) is 25.7 Å². The zero-order valence-corrected chi connectivity index (χ0v) is 15.6. The second-order valence-corrected chi connectivity index (χ2v) is 7.43. The zero-order valence-electron chi connectivity index (χ0n) is 15.6. The topological polar surface area (TPSA) is 64.7 Å². The number of carbonyl (C=O) groups is 2. The fourth-order valence-electron chi connectivity index (χ4n) is 3.83. The van der Waals surface area contributed by atoms with Crippen molar-refractivity contribution in [1.82, 2.24) is 15.5 Å². The van der Waals surface area contributed by atoms with E-state index in [0.29, 0.717) is 19.0 Å². The average molecular weight is 358 g/mol. The summed E-state index contributed by atoms with van der Waals surface area (Å²) in [6, 6.07) is 9.71. The van der Waals surface area contributed by atoms with Crippen molar-refractivity contribution < 1.29 is 9.59 Å². The Balaban J connectivity index is 1.44. The smallest absolute Gasteiger partial charge is 0.240 e. The van der Waals surface area contributed by atoms with Crippen molar-refractivity contribution >= 4 is 17.5 Å². The molecule has 2 saturated heterocycles. The molecule has 142 valence electrons. The van der Waals surface area contributed by atoms with Gasteiger partial charge in [0, 0.05) is 25.8 Å². The van der Waals surface area contributed by atoms with Gasteiger partial charge in [-0.15, -0.1) is 0 Å². The van der Waals surface area contributed by atoms with E-state index < -0.39 is 0 Å². The van der Waals surface area contributed by atoms with Gasteiger partial charge in [0.1, 0.15) is 0 Å². The molecule has 2 N–H and O–H groups in total. The number of rotatable bonds is 6. The van der Waals surface area contributed by atoms with Crippen molar-refractivity contribution in [3.05, 3.63) is 30.3 Å². The molecule has 2 atom stereocenters. The first-order valence-corrected chi connectivity index (χ1v) is 9.68. The Kier molecular flexibility index (Phi) is 6.63. The lowest BCUT2D eigenvalue weighted by molar-refractivity contribution is -0.123. The summed E-state index contributed by atoms with van der Waals surface area (Å²) in [5.41, 5.74) is 0.919. The monoisotopic (exact) mass is 358 g/mol. The lowest BCUT2D eigenvalue weighted by Gasteiger charge is -2.33. The third kappa shape index (κ3) is 5.05. The normalized spacial score (nSPS) is 23.6. The average Bonchev–Trinajstić information content (AvgIpc) is 3.21. The summed E-state index contributed by atoms with van der Waals surface area (Å²) in [5, 5.41) is 6.33. The highest BCUT2D eigenvalue weighted by Crippen LogP contribution is 2.17. The Morgan fingerprint density at radius 2 is 2.04 bits per heavy atom. The summed E-state index contributed by atoms with van der Waals surface area (Å²) >= 11 is 0. The van der Waals surface area contributed by atoms with Crippen LogP contribution < -0.4 is 15.5 Å². The lowest BCUT2D eigenvalue weighted by Crippen LogP contribution is -2.47. The maximum Gasteiger partial charge on any atom is 0.240 e. The van der Waals surface area contributed by atoms with Crippen molar-refractivity contribution in [2.45, 2.75) is 31.7 Å². The molecule has 2 aliphatic rings. The van der Waals surface area contributed by atoms with Crippen LogP contribution in [-0.4, -0.2) is 62.5 Å². The number of benzene rings is 1. The van der Waals surface area contributed by atoms with Crippen LogP contribution in [0.3, 0.4) is 0 Å². The number of para-hydroxylation sites is 1. The number of hydrogen-bond acceptors (Lipinski definition) is 4. The lowest BCUT2D eigenvalue weighted by atomic mass is 9.97. The fraction of sp³-hybridized carbons (Fsp3) is 0.600. The van der Waals surface area contributed by atoms with E-state index in [0.717, 1.165) is 51.0 Å². The molecule has 0 radical (unpaired) electrons. The second-order valence-electron chi connectivity index (χ2n) is 7.43. The van der Waals surface area contributed by atoms with Crippen LogP contribution in [0.2, 0.25) is 0 Å². The van der Waals surface area contributed by atoms with Crippen LogP contribution in [-0.2, 0) is 9.59 Å². The van der Waals surface area contributed by atoms with Crippen LogP contribution in [0, 0.1) is 5.92 Å². The Morgan fingerprint density at radius 3 is 2.77 bits per heavy atom. The molecular weight excluding hydrogens is 328 g/mol. The number of likely N-dealkylation sites (N-methyl/N-ethyl adjacent to an activating group) is 1. The molecule has 0 bridgehead atoms. The molecule has 26 heavy (non-hydrogen) atoms. The molecule has 2 unspecified atom stereocenters. The molecule has 1 aromatic rings. The number of amides is 2. The van der Waals surface area contributed by atoms with Gasteiger partial charge in [-0.25, -0.2) is 0 Å². The van der Waals surface area contributed by atoms with E-state index in [9.17, 15) is 9.59 Å². The number of nitrogens with zero attached hydrogens (tertiary/aromatic N) is 2. The van der Waals surface area contributed by atoms with Gasteiger partial charge in [-0.3, -0.25) is 14.5 Å². The number of carbonyl (C=O) groups excluding carboxylic acids is 2. The number of piperidine rings is 1. The van der Waals surface area contributed by atoms with E-state index in [1.807, 2.05) is 37.4 Å². The maximum atomic E-state index is 12.6. The summed E-state index contributed by atoms with van der Waals surface area (Å²) < 4.78 is 0. The molecule has 0 saturated carbocycles. The Hall–Kier alpha value is -1.92. The van der Waals surface area contributed by atoms with Gasteiger partial charge in [-0.05, 0) is 56.8 Å². The summed E-state index contributed by atoms with van der Waals surface area (Å²) in [6.07, 6.45) is 4.19. The summed E-state index contributed by atoms with van der Waals surface area (Å²) in [5.74, 6) is 0.652. The minimum Gasteiger partial charge on any atom is -0.354 e. The molecule has 6 nitrogen and oxygen atoms in total. The van der Waals surface area contributed by atoms with Crippen LogP contribution in [0.15, 0.2) is 30.3 Å². The minimum absolute atomic E-state index is 0.0178. The van der Waals surface area contributed by atoms with Gasteiger partial charge >= 0.3 is 0 Å². The molecule has 2 heterocycles. The molecule has 6 heteroatoms. The molecule has 2 aliphatic heterocycles. The summed E-state index contributed by atoms with van der Waals surface area (Å²) in [6.45, 7) is 3.89. The van der Waals surface area contributed by atoms with E-state index >= 15 is 0 Å².